The van der Waals surface area contributed by atoms with Crippen molar-refractivity contribution in [3.05, 3.63) is 108 Å². The molecule has 0 aliphatic rings. The average Bonchev–Trinajstić information content (AvgIpc) is 3.24. The molecule has 0 fully saturated rings. The second-order valence-electron chi connectivity index (χ2n) is 8.13. The van der Waals surface area contributed by atoms with E-state index in [0.717, 1.165) is 16.7 Å². The van der Waals surface area contributed by atoms with Gasteiger partial charge in [0.2, 0.25) is 0 Å². The Morgan fingerprint density at radius 1 is 0.750 bits per heavy atom. The van der Waals surface area contributed by atoms with Crippen LogP contribution in [0.3, 0.4) is 0 Å². The molecule has 0 N–H and O–H groups in total. The van der Waals surface area contributed by atoms with Crippen LogP contribution < -0.4 is 0 Å². The molecular formula is C29H21IrN2-. The van der Waals surface area contributed by atoms with Crippen LogP contribution in [0.15, 0.2) is 91.1 Å². The van der Waals surface area contributed by atoms with Gasteiger partial charge in [-0.15, -0.1) is 29.7 Å². The molecule has 2 heterocycles. The van der Waals surface area contributed by atoms with E-state index in [4.69, 9.17) is 4.98 Å². The summed E-state index contributed by atoms with van der Waals surface area (Å²) in [6, 6.07) is 33.3. The van der Waals surface area contributed by atoms with Gasteiger partial charge in [0.1, 0.15) is 0 Å². The van der Waals surface area contributed by atoms with Crippen LogP contribution in [0.1, 0.15) is 11.1 Å². The summed E-state index contributed by atoms with van der Waals surface area (Å²) in [7, 11) is 0. The van der Waals surface area contributed by atoms with Crippen LogP contribution in [0.25, 0.3) is 49.7 Å². The fourth-order valence-corrected chi connectivity index (χ4v) is 4.86. The zero-order valence-electron chi connectivity index (χ0n) is 17.9. The molecule has 6 rings (SSSR count). The van der Waals surface area contributed by atoms with Crippen molar-refractivity contribution in [1.82, 2.24) is 9.38 Å². The summed E-state index contributed by atoms with van der Waals surface area (Å²) in [5.41, 5.74) is 9.48. The summed E-state index contributed by atoms with van der Waals surface area (Å²) in [4.78, 5) is 4.87. The number of rotatable bonds is 2. The quantitative estimate of drug-likeness (QED) is 0.152. The number of pyridine rings is 1. The van der Waals surface area contributed by atoms with Crippen LogP contribution in [0, 0.1) is 19.9 Å². The molecule has 2 aromatic heterocycles. The third-order valence-corrected chi connectivity index (χ3v) is 6.17. The molecule has 4 aromatic carbocycles. The van der Waals surface area contributed by atoms with Gasteiger partial charge in [-0.05, 0) is 47.6 Å². The Morgan fingerprint density at radius 2 is 1.44 bits per heavy atom. The summed E-state index contributed by atoms with van der Waals surface area (Å²) >= 11 is 0. The van der Waals surface area contributed by atoms with Gasteiger partial charge in [-0.2, -0.15) is 0 Å². The van der Waals surface area contributed by atoms with Crippen LogP contribution in [0.5, 0.6) is 0 Å². The van der Waals surface area contributed by atoms with Crippen LogP contribution in [0.2, 0.25) is 0 Å². The maximum Gasteiger partial charge on any atom is 0.0639 e. The summed E-state index contributed by atoms with van der Waals surface area (Å²) < 4.78 is 2.30. The van der Waals surface area contributed by atoms with E-state index in [1.54, 1.807) is 0 Å². The Balaban J connectivity index is 0.00000216. The number of hydrogen-bond donors (Lipinski definition) is 0. The predicted molar refractivity (Wildman–Crippen MR) is 129 cm³/mol. The zero-order valence-corrected chi connectivity index (χ0v) is 20.3. The smallest absolute Gasteiger partial charge is 0.0639 e. The van der Waals surface area contributed by atoms with Crippen LogP contribution in [0.4, 0.5) is 0 Å². The molecule has 157 valence electrons. The first-order valence-electron chi connectivity index (χ1n) is 10.6. The third kappa shape index (κ3) is 3.09. The van der Waals surface area contributed by atoms with Gasteiger partial charge in [0, 0.05) is 37.4 Å². The standard InChI is InChI=1S/C29H21N2.Ir/c1-19-16-22(21-10-4-3-5-11-21)17-20(2)28(19)27-18-30-29-25-14-7-6-12-23(25)24-13-8-9-15-26(24)31(27)29;/h3-13,15-18H,1-2H3;/q-1;. The van der Waals surface area contributed by atoms with Crippen LogP contribution in [-0.4, -0.2) is 9.38 Å². The second kappa shape index (κ2) is 8.02. The number of imidazole rings is 1. The molecule has 0 amide bonds. The van der Waals surface area contributed by atoms with Crippen molar-refractivity contribution < 1.29 is 20.1 Å². The van der Waals surface area contributed by atoms with Gasteiger partial charge < -0.3 is 4.40 Å². The van der Waals surface area contributed by atoms with Crippen molar-refractivity contribution in [2.45, 2.75) is 13.8 Å². The molecule has 0 aliphatic heterocycles. The van der Waals surface area contributed by atoms with E-state index in [-0.39, 0.29) is 20.1 Å². The normalized spacial score (nSPS) is 11.2. The van der Waals surface area contributed by atoms with Gasteiger partial charge in [0.25, 0.3) is 0 Å². The van der Waals surface area contributed by atoms with Crippen molar-refractivity contribution in [2.24, 2.45) is 0 Å². The number of fused-ring (bicyclic) bond motifs is 6. The van der Waals surface area contributed by atoms with E-state index >= 15 is 0 Å². The summed E-state index contributed by atoms with van der Waals surface area (Å²) in [6.07, 6.45) is 2.01. The van der Waals surface area contributed by atoms with Gasteiger partial charge >= 0.3 is 0 Å². The van der Waals surface area contributed by atoms with Crippen molar-refractivity contribution >= 4 is 27.3 Å². The predicted octanol–water partition coefficient (Wildman–Crippen LogP) is 7.39. The Labute approximate surface area is 200 Å². The van der Waals surface area contributed by atoms with Crippen molar-refractivity contribution in [3.8, 4) is 22.4 Å². The first-order valence-corrected chi connectivity index (χ1v) is 10.6. The molecule has 0 atom stereocenters. The monoisotopic (exact) mass is 590 g/mol. The Hall–Kier alpha value is -3.26. The summed E-state index contributed by atoms with van der Waals surface area (Å²) in [5.74, 6) is 0. The Kier molecular flexibility index (Phi) is 5.17. The minimum absolute atomic E-state index is 0. The fourth-order valence-electron chi connectivity index (χ4n) is 4.86. The topological polar surface area (TPSA) is 17.3 Å². The molecule has 32 heavy (non-hydrogen) atoms. The zero-order chi connectivity index (χ0) is 20.9. The van der Waals surface area contributed by atoms with Gasteiger partial charge in [-0.1, -0.05) is 66.0 Å². The summed E-state index contributed by atoms with van der Waals surface area (Å²) in [5, 5.41) is 3.47. The largest absolute Gasteiger partial charge is 0.333 e. The molecule has 0 bridgehead atoms. The van der Waals surface area contributed by atoms with E-state index in [0.29, 0.717) is 0 Å². The van der Waals surface area contributed by atoms with E-state index in [2.05, 4.69) is 97.1 Å². The minimum Gasteiger partial charge on any atom is -0.333 e. The van der Waals surface area contributed by atoms with E-state index in [9.17, 15) is 0 Å². The molecule has 6 aromatic rings. The second-order valence-corrected chi connectivity index (χ2v) is 8.13. The molecule has 0 spiro atoms. The number of aromatic nitrogens is 2. The SMILES string of the molecule is Cc1cc(-c2ccccc2)cc(C)c1-c1cnc2c3[c-]cccc3c3ccccc3n12.[Ir]. The third-order valence-electron chi connectivity index (χ3n) is 6.17. The first-order chi connectivity index (χ1) is 15.2. The van der Waals surface area contributed by atoms with Crippen LogP contribution in [-0.2, 0) is 20.1 Å². The Morgan fingerprint density at radius 3 is 2.22 bits per heavy atom. The molecular weight excluding hydrogens is 569 g/mol. The van der Waals surface area contributed by atoms with Gasteiger partial charge in [0.05, 0.1) is 11.3 Å². The van der Waals surface area contributed by atoms with Crippen molar-refractivity contribution in [2.75, 3.05) is 0 Å². The molecule has 0 saturated carbocycles. The van der Waals surface area contributed by atoms with Crippen LogP contribution >= 0.6 is 0 Å². The van der Waals surface area contributed by atoms with E-state index < -0.39 is 0 Å². The van der Waals surface area contributed by atoms with Gasteiger partial charge in [0.15, 0.2) is 0 Å². The molecule has 0 saturated heterocycles. The number of para-hydroxylation sites is 1. The molecule has 1 radical (unpaired) electrons. The minimum atomic E-state index is 0. The number of benzene rings is 4. The number of nitrogens with zero attached hydrogens (tertiary/aromatic N) is 2. The van der Waals surface area contributed by atoms with Gasteiger partial charge in [-0.25, -0.2) is 0 Å². The van der Waals surface area contributed by atoms with E-state index in [1.807, 2.05) is 18.3 Å². The van der Waals surface area contributed by atoms with Gasteiger partial charge in [-0.3, -0.25) is 4.98 Å². The average molecular weight is 590 g/mol. The first kappa shape index (κ1) is 20.6. The maximum absolute atomic E-state index is 4.87. The van der Waals surface area contributed by atoms with E-state index in [1.165, 1.54) is 44.1 Å². The fraction of sp³-hybridized carbons (Fsp3) is 0.0690. The number of aryl methyl sites for hydroxylation is 2. The van der Waals surface area contributed by atoms with Crippen molar-refractivity contribution in [3.63, 3.8) is 0 Å². The van der Waals surface area contributed by atoms with Crippen molar-refractivity contribution in [1.29, 1.82) is 0 Å². The molecule has 0 aliphatic carbocycles. The molecule has 0 unspecified atom stereocenters. The molecule has 3 heteroatoms. The molecule has 2 nitrogen and oxygen atoms in total. The summed E-state index contributed by atoms with van der Waals surface area (Å²) in [6.45, 7) is 4.40. The maximum atomic E-state index is 4.87. The Bertz CT molecular complexity index is 1570. The number of hydrogen-bond acceptors (Lipinski definition) is 1.